The molecule has 1 atom stereocenters. The molecule has 1 heterocycles. The first-order chi connectivity index (χ1) is 12.2. The number of fused-ring (bicyclic) bond motifs is 1. The largest absolute Gasteiger partial charge is 0.476 e. The van der Waals surface area contributed by atoms with Crippen LogP contribution in [0.4, 0.5) is 5.69 Å². The summed E-state index contributed by atoms with van der Waals surface area (Å²) in [5, 5.41) is 0. The second-order valence-corrected chi connectivity index (χ2v) is 8.44. The maximum atomic E-state index is 13.4. The van der Waals surface area contributed by atoms with Crippen LogP contribution in [0.5, 0.6) is 5.75 Å². The molecule has 0 spiro atoms. The van der Waals surface area contributed by atoms with E-state index < -0.39 is 16.1 Å². The number of anilines is 1. The third-order valence-electron chi connectivity index (χ3n) is 4.36. The molecule has 6 nitrogen and oxygen atoms in total. The van der Waals surface area contributed by atoms with Gasteiger partial charge in [0.1, 0.15) is 5.75 Å². The number of ether oxygens (including phenoxy) is 1. The van der Waals surface area contributed by atoms with Crippen LogP contribution in [0.15, 0.2) is 47.4 Å². The highest BCUT2D eigenvalue weighted by Gasteiger charge is 2.38. The molecule has 0 N–H and O–H groups in total. The Hall–Kier alpha value is -2.54. The molecule has 0 unspecified atom stereocenters. The number of hydrogen-bond acceptors (Lipinski definition) is 4. The van der Waals surface area contributed by atoms with Crippen molar-refractivity contribution in [1.29, 1.82) is 0 Å². The molecule has 26 heavy (non-hydrogen) atoms. The fourth-order valence-electron chi connectivity index (χ4n) is 2.95. The number of likely N-dealkylation sites (N-methyl/N-ethyl adjacent to an activating group) is 1. The third-order valence-corrected chi connectivity index (χ3v) is 6.28. The van der Waals surface area contributed by atoms with E-state index in [2.05, 4.69) is 0 Å². The summed E-state index contributed by atoms with van der Waals surface area (Å²) in [5.41, 5.74) is 1.96. The monoisotopic (exact) mass is 374 g/mol. The molecule has 0 saturated heterocycles. The van der Waals surface area contributed by atoms with Crippen molar-refractivity contribution < 1.29 is 17.9 Å². The van der Waals surface area contributed by atoms with Gasteiger partial charge in [-0.2, -0.15) is 0 Å². The van der Waals surface area contributed by atoms with Crippen LogP contribution in [0.3, 0.4) is 0 Å². The standard InChI is InChI=1S/C19H22N2O4S/c1-13-9-10-14(2)18(11-13)26(23,24)21-12-17(19(22)20(3)4)25-16-8-6-5-7-15(16)21/h5-11,17H,12H2,1-4H3/t17-/m0/s1. The van der Waals surface area contributed by atoms with Gasteiger partial charge in [-0.25, -0.2) is 8.42 Å². The number of aryl methyl sites for hydroxylation is 2. The van der Waals surface area contributed by atoms with E-state index in [-0.39, 0.29) is 17.3 Å². The number of amides is 1. The summed E-state index contributed by atoms with van der Waals surface area (Å²) < 4.78 is 33.9. The highest BCUT2D eigenvalue weighted by molar-refractivity contribution is 7.93. The van der Waals surface area contributed by atoms with Gasteiger partial charge in [-0.15, -0.1) is 0 Å². The summed E-state index contributed by atoms with van der Waals surface area (Å²) in [5.74, 6) is 0.105. The Bertz CT molecular complexity index is 954. The lowest BCUT2D eigenvalue weighted by Gasteiger charge is -2.35. The van der Waals surface area contributed by atoms with E-state index in [4.69, 9.17) is 4.74 Å². The molecular weight excluding hydrogens is 352 g/mol. The number of hydrogen-bond donors (Lipinski definition) is 0. The Kier molecular flexibility index (Phi) is 4.66. The summed E-state index contributed by atoms with van der Waals surface area (Å²) in [6.45, 7) is 3.55. The van der Waals surface area contributed by atoms with Crippen LogP contribution in [0.1, 0.15) is 11.1 Å². The molecule has 2 aromatic rings. The van der Waals surface area contributed by atoms with Gasteiger partial charge in [-0.05, 0) is 43.2 Å². The molecular formula is C19H22N2O4S. The zero-order chi connectivity index (χ0) is 19.1. The van der Waals surface area contributed by atoms with Gasteiger partial charge in [-0.3, -0.25) is 9.10 Å². The predicted octanol–water partition coefficient (Wildman–Crippen LogP) is 2.35. The van der Waals surface area contributed by atoms with Crippen molar-refractivity contribution >= 4 is 21.6 Å². The predicted molar refractivity (Wildman–Crippen MR) is 100.0 cm³/mol. The van der Waals surface area contributed by atoms with Gasteiger partial charge in [0.25, 0.3) is 15.9 Å². The molecule has 0 bridgehead atoms. The molecule has 0 radical (unpaired) electrons. The summed E-state index contributed by atoms with van der Waals surface area (Å²) in [4.78, 5) is 14.1. The molecule has 0 saturated carbocycles. The van der Waals surface area contributed by atoms with E-state index in [0.29, 0.717) is 17.0 Å². The van der Waals surface area contributed by atoms with Crippen LogP contribution in [0.25, 0.3) is 0 Å². The molecule has 0 aromatic heterocycles. The minimum absolute atomic E-state index is 0.0657. The van der Waals surface area contributed by atoms with Gasteiger partial charge in [0, 0.05) is 14.1 Å². The zero-order valence-electron chi connectivity index (χ0n) is 15.3. The number of para-hydroxylation sites is 2. The SMILES string of the molecule is Cc1ccc(C)c(S(=O)(=O)N2C[C@@H](C(=O)N(C)C)Oc3ccccc32)c1. The first-order valence-electron chi connectivity index (χ1n) is 8.28. The van der Waals surface area contributed by atoms with Crippen LogP contribution >= 0.6 is 0 Å². The van der Waals surface area contributed by atoms with E-state index in [1.54, 1.807) is 57.4 Å². The Morgan fingerprint density at radius 2 is 1.85 bits per heavy atom. The van der Waals surface area contributed by atoms with Crippen LogP contribution in [-0.4, -0.2) is 46.0 Å². The Morgan fingerprint density at radius 1 is 1.15 bits per heavy atom. The second kappa shape index (κ2) is 6.64. The van der Waals surface area contributed by atoms with Crippen molar-refractivity contribution in [3.63, 3.8) is 0 Å². The first-order valence-corrected chi connectivity index (χ1v) is 9.72. The molecule has 2 aromatic carbocycles. The van der Waals surface area contributed by atoms with Gasteiger partial charge in [0.15, 0.2) is 6.10 Å². The third kappa shape index (κ3) is 3.14. The number of carbonyl (C=O) groups is 1. The molecule has 0 fully saturated rings. The number of benzene rings is 2. The Balaban J connectivity index is 2.12. The highest BCUT2D eigenvalue weighted by atomic mass is 32.2. The van der Waals surface area contributed by atoms with Crippen molar-refractivity contribution in [2.75, 3.05) is 24.9 Å². The quantitative estimate of drug-likeness (QED) is 0.827. The van der Waals surface area contributed by atoms with Crippen molar-refractivity contribution in [3.05, 3.63) is 53.6 Å². The van der Waals surface area contributed by atoms with Crippen molar-refractivity contribution in [1.82, 2.24) is 4.90 Å². The topological polar surface area (TPSA) is 66.9 Å². The normalized spacial score (nSPS) is 16.6. The van der Waals surface area contributed by atoms with E-state index >= 15 is 0 Å². The molecule has 3 rings (SSSR count). The van der Waals surface area contributed by atoms with E-state index in [1.807, 2.05) is 13.0 Å². The Labute approximate surface area is 154 Å². The summed E-state index contributed by atoms with van der Waals surface area (Å²) in [6.07, 6.45) is -0.889. The number of nitrogens with zero attached hydrogens (tertiary/aromatic N) is 2. The molecule has 1 aliphatic heterocycles. The number of rotatable bonds is 3. The molecule has 7 heteroatoms. The van der Waals surface area contributed by atoms with Gasteiger partial charge in [-0.1, -0.05) is 24.3 Å². The average Bonchev–Trinajstić information content (AvgIpc) is 2.61. The van der Waals surface area contributed by atoms with Crippen LogP contribution in [0, 0.1) is 13.8 Å². The first kappa shape index (κ1) is 18.3. The maximum absolute atomic E-state index is 13.4. The lowest BCUT2D eigenvalue weighted by Crippen LogP contribution is -2.50. The van der Waals surface area contributed by atoms with Crippen molar-refractivity contribution in [2.45, 2.75) is 24.8 Å². The highest BCUT2D eigenvalue weighted by Crippen LogP contribution is 2.37. The maximum Gasteiger partial charge on any atom is 0.265 e. The smallest absolute Gasteiger partial charge is 0.265 e. The minimum Gasteiger partial charge on any atom is -0.476 e. The lowest BCUT2D eigenvalue weighted by atomic mass is 10.2. The zero-order valence-corrected chi connectivity index (χ0v) is 16.1. The summed E-state index contributed by atoms with van der Waals surface area (Å²) in [7, 11) is -0.597. The van der Waals surface area contributed by atoms with Crippen LogP contribution < -0.4 is 9.04 Å². The fraction of sp³-hybridized carbons (Fsp3) is 0.316. The number of sulfonamides is 1. The fourth-order valence-corrected chi connectivity index (χ4v) is 4.74. The molecule has 138 valence electrons. The van der Waals surface area contributed by atoms with Crippen molar-refractivity contribution in [3.8, 4) is 5.75 Å². The van der Waals surface area contributed by atoms with E-state index in [9.17, 15) is 13.2 Å². The second-order valence-electron chi connectivity index (χ2n) is 6.61. The van der Waals surface area contributed by atoms with Gasteiger partial charge >= 0.3 is 0 Å². The van der Waals surface area contributed by atoms with E-state index in [0.717, 1.165) is 5.56 Å². The Morgan fingerprint density at radius 3 is 2.54 bits per heavy atom. The van der Waals surface area contributed by atoms with Gasteiger partial charge in [0.2, 0.25) is 0 Å². The average molecular weight is 374 g/mol. The van der Waals surface area contributed by atoms with E-state index in [1.165, 1.54) is 9.21 Å². The molecule has 1 aliphatic rings. The minimum atomic E-state index is -3.84. The van der Waals surface area contributed by atoms with Crippen LogP contribution in [-0.2, 0) is 14.8 Å². The summed E-state index contributed by atoms with van der Waals surface area (Å²) >= 11 is 0. The van der Waals surface area contributed by atoms with Crippen molar-refractivity contribution in [2.24, 2.45) is 0 Å². The lowest BCUT2D eigenvalue weighted by molar-refractivity contribution is -0.135. The van der Waals surface area contributed by atoms with Crippen LogP contribution in [0.2, 0.25) is 0 Å². The number of carbonyl (C=O) groups excluding carboxylic acids is 1. The van der Waals surface area contributed by atoms with Gasteiger partial charge < -0.3 is 9.64 Å². The molecule has 0 aliphatic carbocycles. The van der Waals surface area contributed by atoms with Gasteiger partial charge in [0.05, 0.1) is 17.1 Å². The summed E-state index contributed by atoms with van der Waals surface area (Å²) in [6, 6.07) is 12.2. The molecule has 1 amide bonds.